The number of carbonyl (C=O) groups is 2. The van der Waals surface area contributed by atoms with Crippen LogP contribution in [0, 0.1) is 11.7 Å². The van der Waals surface area contributed by atoms with E-state index >= 15 is 0 Å². The van der Waals surface area contributed by atoms with Crippen LogP contribution in [0.25, 0.3) is 22.4 Å². The summed E-state index contributed by atoms with van der Waals surface area (Å²) in [6.45, 7) is 3.74. The lowest BCUT2D eigenvalue weighted by atomic mass is 9.94. The molecular weight excluding hydrogens is 535 g/mol. The molecule has 4 rings (SSSR count). The molecule has 42 heavy (non-hydrogen) atoms. The predicted molar refractivity (Wildman–Crippen MR) is 162 cm³/mol. The zero-order chi connectivity index (χ0) is 30.2. The van der Waals surface area contributed by atoms with E-state index in [0.717, 1.165) is 11.3 Å². The third kappa shape index (κ3) is 7.02. The maximum absolute atomic E-state index is 14.1. The van der Waals surface area contributed by atoms with Crippen LogP contribution in [0.5, 0.6) is 0 Å². The number of nitrogens with zero attached hydrogens (tertiary/aromatic N) is 1. The maximum Gasteiger partial charge on any atom is 0.258 e. The molecule has 0 aliphatic rings. The predicted octanol–water partition coefficient (Wildman–Crippen LogP) is 5.65. The molecule has 1 heterocycles. The van der Waals surface area contributed by atoms with Crippen molar-refractivity contribution in [3.63, 3.8) is 0 Å². The number of aliphatic hydroxyl groups excluding tert-OH is 3. The van der Waals surface area contributed by atoms with Gasteiger partial charge in [0.1, 0.15) is 12.1 Å². The lowest BCUT2D eigenvalue weighted by Crippen LogP contribution is -2.29. The Kier molecular flexibility index (Phi) is 10.4. The van der Waals surface area contributed by atoms with E-state index in [1.54, 1.807) is 12.1 Å². The van der Waals surface area contributed by atoms with Crippen LogP contribution in [0.2, 0.25) is 0 Å². The van der Waals surface area contributed by atoms with Gasteiger partial charge >= 0.3 is 0 Å². The lowest BCUT2D eigenvalue weighted by Gasteiger charge is -2.21. The molecular formula is C34H37FN2O5. The number of anilines is 1. The monoisotopic (exact) mass is 572 g/mol. The molecule has 0 spiro atoms. The number of aliphatic hydroxyl groups is 3. The molecule has 4 N–H and O–H groups in total. The summed E-state index contributed by atoms with van der Waals surface area (Å²) in [6, 6.07) is 24.8. The minimum Gasteiger partial charge on any atom is -0.396 e. The maximum atomic E-state index is 14.1. The van der Waals surface area contributed by atoms with Crippen LogP contribution < -0.4 is 5.32 Å². The fraction of sp³-hybridized carbons (Fsp3) is 0.294. The summed E-state index contributed by atoms with van der Waals surface area (Å²) in [5.74, 6) is -1.78. The van der Waals surface area contributed by atoms with E-state index in [1.807, 2.05) is 79.1 Å². The molecule has 0 aliphatic carbocycles. The van der Waals surface area contributed by atoms with Gasteiger partial charge in [-0.2, -0.15) is 0 Å². The van der Waals surface area contributed by atoms with Crippen LogP contribution in [-0.4, -0.2) is 50.9 Å². The average Bonchev–Trinajstić information content (AvgIpc) is 3.33. The highest BCUT2D eigenvalue weighted by Gasteiger charge is 2.31. The number of benzene rings is 3. The Morgan fingerprint density at radius 2 is 1.55 bits per heavy atom. The summed E-state index contributed by atoms with van der Waals surface area (Å²) in [5, 5.41) is 33.6. The van der Waals surface area contributed by atoms with Crippen LogP contribution in [-0.2, 0) is 11.3 Å². The van der Waals surface area contributed by atoms with Gasteiger partial charge in [0.05, 0.1) is 36.0 Å². The SMILES string of the molecule is CC(C)c1c(C(=O)Nc2ccccc2)c(-c2ccccc2)c(-c2ccc(F)cc2)n1CC[C@@H](O)C[C@@H](O)C(C=O)CO. The van der Waals surface area contributed by atoms with Gasteiger partial charge in [-0.1, -0.05) is 62.4 Å². The second-order valence-electron chi connectivity index (χ2n) is 10.7. The number of rotatable bonds is 13. The van der Waals surface area contributed by atoms with Crippen LogP contribution in [0.4, 0.5) is 10.1 Å². The highest BCUT2D eigenvalue weighted by Crippen LogP contribution is 2.42. The van der Waals surface area contributed by atoms with Crippen molar-refractivity contribution in [2.45, 2.75) is 51.4 Å². The van der Waals surface area contributed by atoms with Crippen molar-refractivity contribution in [3.8, 4) is 22.4 Å². The summed E-state index contributed by atoms with van der Waals surface area (Å²) in [5.41, 5.74) is 4.78. The van der Waals surface area contributed by atoms with Crippen molar-refractivity contribution < 1.29 is 29.3 Å². The number of para-hydroxylation sites is 1. The summed E-state index contributed by atoms with van der Waals surface area (Å²) in [7, 11) is 0. The minimum absolute atomic E-state index is 0.0962. The lowest BCUT2D eigenvalue weighted by molar-refractivity contribution is -0.116. The Morgan fingerprint density at radius 3 is 2.12 bits per heavy atom. The molecule has 0 radical (unpaired) electrons. The van der Waals surface area contributed by atoms with Gasteiger partial charge in [0, 0.05) is 29.9 Å². The van der Waals surface area contributed by atoms with E-state index < -0.39 is 24.7 Å². The standard InChI is InChI=1S/C34H37FN2O5/c1-22(2)32-31(34(42)36-27-11-7-4-8-12-27)30(23-9-5-3-6-10-23)33(24-13-15-26(35)16-14-24)37(32)18-17-28(40)19-29(41)25(20-38)21-39/h3-16,20,22,25,28-29,39-41H,17-19,21H2,1-2H3,(H,36,42)/t25?,28-,29-/m1/s1. The normalized spacial score (nSPS) is 13.5. The Hall–Kier alpha value is -4.11. The Morgan fingerprint density at radius 1 is 0.929 bits per heavy atom. The second kappa shape index (κ2) is 14.2. The summed E-state index contributed by atoms with van der Waals surface area (Å²) < 4.78 is 16.0. The van der Waals surface area contributed by atoms with Gasteiger partial charge in [-0.25, -0.2) is 4.39 Å². The topological polar surface area (TPSA) is 112 Å². The van der Waals surface area contributed by atoms with Crippen molar-refractivity contribution in [2.75, 3.05) is 11.9 Å². The number of hydrogen-bond acceptors (Lipinski definition) is 5. The first-order chi connectivity index (χ1) is 20.2. The molecule has 0 aliphatic heterocycles. The number of aromatic nitrogens is 1. The Labute approximate surface area is 245 Å². The van der Waals surface area contributed by atoms with E-state index in [9.17, 15) is 29.3 Å². The van der Waals surface area contributed by atoms with Gasteiger partial charge in [0.2, 0.25) is 0 Å². The molecule has 0 saturated heterocycles. The van der Waals surface area contributed by atoms with Gasteiger partial charge < -0.3 is 30.0 Å². The Balaban J connectivity index is 1.88. The largest absolute Gasteiger partial charge is 0.396 e. The smallest absolute Gasteiger partial charge is 0.258 e. The third-order valence-corrected chi connectivity index (χ3v) is 7.37. The molecule has 220 valence electrons. The third-order valence-electron chi connectivity index (χ3n) is 7.37. The van der Waals surface area contributed by atoms with Crippen molar-refractivity contribution in [2.24, 2.45) is 5.92 Å². The first-order valence-electron chi connectivity index (χ1n) is 14.1. The second-order valence-corrected chi connectivity index (χ2v) is 10.7. The number of hydrogen-bond donors (Lipinski definition) is 4. The molecule has 1 unspecified atom stereocenters. The van der Waals surface area contributed by atoms with E-state index in [0.29, 0.717) is 34.4 Å². The Bertz CT molecular complexity index is 1470. The van der Waals surface area contributed by atoms with E-state index in [1.165, 1.54) is 12.1 Å². The molecule has 1 amide bonds. The molecule has 3 atom stereocenters. The molecule has 0 fully saturated rings. The van der Waals surface area contributed by atoms with Crippen LogP contribution in [0.1, 0.15) is 48.7 Å². The number of aldehydes is 1. The molecule has 7 nitrogen and oxygen atoms in total. The number of halogens is 1. The molecule has 1 aromatic heterocycles. The molecule has 0 saturated carbocycles. The van der Waals surface area contributed by atoms with Crippen molar-refractivity contribution >= 4 is 17.9 Å². The van der Waals surface area contributed by atoms with Gasteiger partial charge in [-0.05, 0) is 59.9 Å². The first kappa shape index (κ1) is 30.8. The van der Waals surface area contributed by atoms with E-state index in [2.05, 4.69) is 5.32 Å². The summed E-state index contributed by atoms with van der Waals surface area (Å²) >= 11 is 0. The molecule has 8 heteroatoms. The van der Waals surface area contributed by atoms with Crippen LogP contribution >= 0.6 is 0 Å². The molecule has 4 aromatic rings. The van der Waals surface area contributed by atoms with Crippen LogP contribution in [0.3, 0.4) is 0 Å². The number of amides is 1. The van der Waals surface area contributed by atoms with Gasteiger partial charge in [-0.3, -0.25) is 4.79 Å². The van der Waals surface area contributed by atoms with Gasteiger partial charge in [-0.15, -0.1) is 0 Å². The highest BCUT2D eigenvalue weighted by atomic mass is 19.1. The van der Waals surface area contributed by atoms with E-state index in [-0.39, 0.29) is 37.0 Å². The van der Waals surface area contributed by atoms with Crippen LogP contribution in [0.15, 0.2) is 84.9 Å². The zero-order valence-electron chi connectivity index (χ0n) is 23.8. The fourth-order valence-electron chi connectivity index (χ4n) is 5.31. The van der Waals surface area contributed by atoms with Crippen molar-refractivity contribution in [1.82, 2.24) is 4.57 Å². The number of carbonyl (C=O) groups excluding carboxylic acids is 2. The first-order valence-corrected chi connectivity index (χ1v) is 14.1. The average molecular weight is 573 g/mol. The summed E-state index contributed by atoms with van der Waals surface area (Å²) in [6.07, 6.45) is -1.60. The van der Waals surface area contributed by atoms with Gasteiger partial charge in [0.15, 0.2) is 0 Å². The fourth-order valence-corrected chi connectivity index (χ4v) is 5.31. The van der Waals surface area contributed by atoms with E-state index in [4.69, 9.17) is 0 Å². The summed E-state index contributed by atoms with van der Waals surface area (Å²) in [4.78, 5) is 25.3. The molecule has 0 bridgehead atoms. The zero-order valence-corrected chi connectivity index (χ0v) is 23.8. The molecule has 3 aromatic carbocycles. The quantitative estimate of drug-likeness (QED) is 0.155. The van der Waals surface area contributed by atoms with Crippen molar-refractivity contribution in [3.05, 3.63) is 102 Å². The number of nitrogens with one attached hydrogen (secondary N) is 1. The minimum atomic E-state index is -1.19. The van der Waals surface area contributed by atoms with Crippen molar-refractivity contribution in [1.29, 1.82) is 0 Å². The van der Waals surface area contributed by atoms with Gasteiger partial charge in [0.25, 0.3) is 5.91 Å². The highest BCUT2D eigenvalue weighted by molar-refractivity contribution is 6.12.